The molecule has 1 heterocycles. The molecule has 112 valence electrons. The Kier molecular flexibility index (Phi) is 5.67. The van der Waals surface area contributed by atoms with Gasteiger partial charge in [-0.3, -0.25) is 0 Å². The van der Waals surface area contributed by atoms with E-state index in [2.05, 4.69) is 31.1 Å². The fourth-order valence-electron chi connectivity index (χ4n) is 3.17. The molecule has 1 saturated carbocycles. The summed E-state index contributed by atoms with van der Waals surface area (Å²) in [5.74, 6) is 0. The van der Waals surface area contributed by atoms with Crippen LogP contribution in [-0.2, 0) is 4.74 Å². The molecule has 1 aliphatic carbocycles. The summed E-state index contributed by atoms with van der Waals surface area (Å²) < 4.78 is 5.97. The van der Waals surface area contributed by atoms with Crippen LogP contribution in [-0.4, -0.2) is 49.3 Å². The first-order chi connectivity index (χ1) is 9.11. The smallest absolute Gasteiger partial charge is 0.0697 e. The molecule has 1 aliphatic heterocycles. The summed E-state index contributed by atoms with van der Waals surface area (Å²) in [6, 6.07) is 1.37. The Morgan fingerprint density at radius 3 is 2.74 bits per heavy atom. The van der Waals surface area contributed by atoms with Gasteiger partial charge in [0, 0.05) is 18.7 Å². The van der Waals surface area contributed by atoms with Gasteiger partial charge >= 0.3 is 0 Å². The van der Waals surface area contributed by atoms with E-state index in [0.29, 0.717) is 12.1 Å². The normalized spacial score (nSPS) is 26.1. The van der Waals surface area contributed by atoms with Gasteiger partial charge in [0.15, 0.2) is 0 Å². The maximum absolute atomic E-state index is 5.97. The molecule has 0 amide bonds. The van der Waals surface area contributed by atoms with Gasteiger partial charge in [-0.1, -0.05) is 0 Å². The molecule has 1 N–H and O–H groups in total. The molecule has 1 atom stereocenters. The Morgan fingerprint density at radius 1 is 1.32 bits per heavy atom. The zero-order valence-corrected chi connectivity index (χ0v) is 13.1. The molecule has 0 aromatic heterocycles. The molecule has 1 spiro atoms. The Hall–Kier alpha value is -0.120. The van der Waals surface area contributed by atoms with Gasteiger partial charge in [0.05, 0.1) is 5.60 Å². The van der Waals surface area contributed by atoms with E-state index in [9.17, 15) is 0 Å². The van der Waals surface area contributed by atoms with Gasteiger partial charge in [-0.25, -0.2) is 0 Å². The highest BCUT2D eigenvalue weighted by atomic mass is 16.5. The van der Waals surface area contributed by atoms with Crippen LogP contribution in [0.5, 0.6) is 0 Å². The summed E-state index contributed by atoms with van der Waals surface area (Å²) in [6.07, 6.45) is 9.01. The molecule has 2 rings (SSSR count). The fourth-order valence-corrected chi connectivity index (χ4v) is 3.17. The van der Waals surface area contributed by atoms with Crippen molar-refractivity contribution >= 4 is 0 Å². The number of nitrogens with zero attached hydrogens (tertiary/aromatic N) is 1. The van der Waals surface area contributed by atoms with Crippen LogP contribution in [0.2, 0.25) is 0 Å². The van der Waals surface area contributed by atoms with Crippen LogP contribution in [0.15, 0.2) is 0 Å². The van der Waals surface area contributed by atoms with Crippen molar-refractivity contribution in [1.82, 2.24) is 10.2 Å². The Bertz CT molecular complexity index is 263. The third kappa shape index (κ3) is 4.44. The van der Waals surface area contributed by atoms with Gasteiger partial charge in [0.1, 0.15) is 0 Å². The maximum Gasteiger partial charge on any atom is 0.0697 e. The lowest BCUT2D eigenvalue weighted by Crippen LogP contribution is -2.51. The lowest BCUT2D eigenvalue weighted by atomic mass is 9.74. The van der Waals surface area contributed by atoms with Gasteiger partial charge in [-0.2, -0.15) is 0 Å². The second-order valence-electron chi connectivity index (χ2n) is 6.81. The highest BCUT2D eigenvalue weighted by molar-refractivity contribution is 4.95. The molecular weight excluding hydrogens is 236 g/mol. The van der Waals surface area contributed by atoms with E-state index in [0.717, 1.165) is 6.61 Å². The zero-order valence-electron chi connectivity index (χ0n) is 13.1. The highest BCUT2D eigenvalue weighted by Crippen LogP contribution is 2.42. The van der Waals surface area contributed by atoms with Crippen LogP contribution < -0.4 is 5.32 Å². The first-order valence-electron chi connectivity index (χ1n) is 8.19. The minimum absolute atomic E-state index is 0.285. The van der Waals surface area contributed by atoms with E-state index in [1.165, 1.54) is 58.0 Å². The van der Waals surface area contributed by atoms with Crippen LogP contribution in [0, 0.1) is 0 Å². The van der Waals surface area contributed by atoms with E-state index in [4.69, 9.17) is 4.74 Å². The van der Waals surface area contributed by atoms with Crippen molar-refractivity contribution in [1.29, 1.82) is 0 Å². The van der Waals surface area contributed by atoms with Gasteiger partial charge in [-0.05, 0) is 78.9 Å². The van der Waals surface area contributed by atoms with Crippen LogP contribution in [0.4, 0.5) is 0 Å². The second-order valence-corrected chi connectivity index (χ2v) is 6.81. The van der Waals surface area contributed by atoms with E-state index in [-0.39, 0.29) is 5.60 Å². The third-order valence-electron chi connectivity index (χ3n) is 5.01. The Morgan fingerprint density at radius 2 is 2.11 bits per heavy atom. The quantitative estimate of drug-likeness (QED) is 0.719. The molecule has 1 saturated heterocycles. The molecule has 1 unspecified atom stereocenters. The summed E-state index contributed by atoms with van der Waals surface area (Å²) in [5, 5.41) is 3.75. The van der Waals surface area contributed by atoms with Crippen LogP contribution >= 0.6 is 0 Å². The number of hydrogen-bond acceptors (Lipinski definition) is 3. The van der Waals surface area contributed by atoms with E-state index in [1.54, 1.807) is 0 Å². The molecule has 0 radical (unpaired) electrons. The number of nitrogens with one attached hydrogen (secondary N) is 1. The predicted molar refractivity (Wildman–Crippen MR) is 80.6 cm³/mol. The average Bonchev–Trinajstić information content (AvgIpc) is 2.36. The SMILES string of the molecule is CC(C)N(C)CCCCNC1CCOC2(CCC2)C1. The Labute approximate surface area is 119 Å². The van der Waals surface area contributed by atoms with E-state index < -0.39 is 0 Å². The summed E-state index contributed by atoms with van der Waals surface area (Å²) in [4.78, 5) is 2.43. The minimum atomic E-state index is 0.285. The maximum atomic E-state index is 5.97. The minimum Gasteiger partial charge on any atom is -0.375 e. The van der Waals surface area contributed by atoms with Gasteiger partial charge < -0.3 is 15.0 Å². The molecule has 3 nitrogen and oxygen atoms in total. The summed E-state index contributed by atoms with van der Waals surface area (Å²) in [5.41, 5.74) is 0.285. The van der Waals surface area contributed by atoms with E-state index in [1.807, 2.05) is 0 Å². The molecule has 2 aliphatic rings. The van der Waals surface area contributed by atoms with Crippen LogP contribution in [0.1, 0.15) is 58.8 Å². The van der Waals surface area contributed by atoms with Crippen molar-refractivity contribution in [2.75, 3.05) is 26.7 Å². The average molecular weight is 268 g/mol. The highest BCUT2D eigenvalue weighted by Gasteiger charge is 2.42. The fraction of sp³-hybridized carbons (Fsp3) is 1.00. The number of hydrogen-bond donors (Lipinski definition) is 1. The summed E-state index contributed by atoms with van der Waals surface area (Å²) in [6.45, 7) is 7.88. The molecule has 19 heavy (non-hydrogen) atoms. The monoisotopic (exact) mass is 268 g/mol. The van der Waals surface area contributed by atoms with Crippen molar-refractivity contribution in [2.45, 2.75) is 76.5 Å². The van der Waals surface area contributed by atoms with Gasteiger partial charge in [0.2, 0.25) is 0 Å². The first-order valence-corrected chi connectivity index (χ1v) is 8.19. The largest absolute Gasteiger partial charge is 0.375 e. The van der Waals surface area contributed by atoms with Gasteiger partial charge in [-0.15, -0.1) is 0 Å². The van der Waals surface area contributed by atoms with Crippen LogP contribution in [0.3, 0.4) is 0 Å². The third-order valence-corrected chi connectivity index (χ3v) is 5.01. The van der Waals surface area contributed by atoms with Gasteiger partial charge in [0.25, 0.3) is 0 Å². The molecule has 0 aromatic rings. The second kappa shape index (κ2) is 7.05. The lowest BCUT2D eigenvalue weighted by molar-refractivity contribution is -0.135. The topological polar surface area (TPSA) is 24.5 Å². The van der Waals surface area contributed by atoms with Crippen molar-refractivity contribution in [3.05, 3.63) is 0 Å². The summed E-state index contributed by atoms with van der Waals surface area (Å²) >= 11 is 0. The standard InChI is InChI=1S/C16H32N2O/c1-14(2)18(3)11-5-4-10-17-15-7-12-19-16(13-15)8-6-9-16/h14-15,17H,4-13H2,1-3H3. The van der Waals surface area contributed by atoms with Crippen molar-refractivity contribution in [3.63, 3.8) is 0 Å². The first kappa shape index (κ1) is 15.3. The molecule has 0 aromatic carbocycles. The molecular formula is C16H32N2O. The number of ether oxygens (including phenoxy) is 1. The Balaban J connectivity index is 1.53. The summed E-state index contributed by atoms with van der Waals surface area (Å²) in [7, 11) is 2.22. The number of rotatable bonds is 7. The zero-order chi connectivity index (χ0) is 13.7. The molecule has 0 bridgehead atoms. The lowest BCUT2D eigenvalue weighted by Gasteiger charge is -2.47. The van der Waals surface area contributed by atoms with Crippen molar-refractivity contribution < 1.29 is 4.74 Å². The van der Waals surface area contributed by atoms with Crippen LogP contribution in [0.25, 0.3) is 0 Å². The van der Waals surface area contributed by atoms with E-state index >= 15 is 0 Å². The predicted octanol–water partition coefficient (Wildman–Crippen LogP) is 2.80. The number of unbranched alkanes of at least 4 members (excludes halogenated alkanes) is 1. The molecule has 2 fully saturated rings. The van der Waals surface area contributed by atoms with Crippen molar-refractivity contribution in [3.8, 4) is 0 Å². The molecule has 3 heteroatoms. The van der Waals surface area contributed by atoms with Crippen molar-refractivity contribution in [2.24, 2.45) is 0 Å².